The Morgan fingerprint density at radius 3 is 2.70 bits per heavy atom. The fraction of sp³-hybridized carbons (Fsp3) is 0.208. The van der Waals surface area contributed by atoms with Gasteiger partial charge in [-0.15, -0.1) is 0 Å². The number of nitrogens with one attached hydrogen (secondary N) is 1. The van der Waals surface area contributed by atoms with E-state index in [0.717, 1.165) is 39.3 Å². The largest absolute Gasteiger partial charge is 0.396 e. The van der Waals surface area contributed by atoms with E-state index < -0.39 is 0 Å². The molecule has 0 aliphatic rings. The van der Waals surface area contributed by atoms with E-state index in [-0.39, 0.29) is 6.61 Å². The molecule has 0 radical (unpaired) electrons. The lowest BCUT2D eigenvalue weighted by molar-refractivity contribution is 0.277. The van der Waals surface area contributed by atoms with Crippen molar-refractivity contribution >= 4 is 16.7 Å². The van der Waals surface area contributed by atoms with Crippen molar-refractivity contribution in [3.05, 3.63) is 72.8 Å². The number of imidazole rings is 1. The lowest BCUT2D eigenvalue weighted by Crippen LogP contribution is -2.00. The number of rotatable bonds is 7. The van der Waals surface area contributed by atoms with Gasteiger partial charge in [-0.3, -0.25) is 4.68 Å². The van der Waals surface area contributed by atoms with Crippen LogP contribution in [0.1, 0.15) is 24.7 Å². The van der Waals surface area contributed by atoms with Crippen molar-refractivity contribution in [2.75, 3.05) is 6.61 Å². The van der Waals surface area contributed by atoms with Gasteiger partial charge in [0.2, 0.25) is 0 Å². The van der Waals surface area contributed by atoms with Crippen molar-refractivity contribution in [2.45, 2.75) is 26.8 Å². The van der Waals surface area contributed by atoms with Gasteiger partial charge in [-0.2, -0.15) is 5.10 Å². The molecule has 0 saturated heterocycles. The number of benzene rings is 1. The van der Waals surface area contributed by atoms with E-state index in [2.05, 4.69) is 52.7 Å². The van der Waals surface area contributed by atoms with Crippen LogP contribution in [0.4, 0.5) is 0 Å². The third-order valence-corrected chi connectivity index (χ3v) is 5.12. The molecule has 2 N–H and O–H groups in total. The highest BCUT2D eigenvalue weighted by atomic mass is 16.3. The smallest absolute Gasteiger partial charge is 0.178 e. The number of aryl methyl sites for hydroxylation is 2. The van der Waals surface area contributed by atoms with Crippen molar-refractivity contribution in [1.82, 2.24) is 24.7 Å². The standard InChI is InChI=1S/C24H25N5O/c1-4-17(5-2)23-26-22-19(11-12-25-24(22)27-23)20-15-29(13-6-14-30)28-21(20)18-9-7-16(3)8-10-18/h4-5,7-12,15,30H,1,6,13-14H2,2-3H3,(H,25,26,27)/b17-5+. The molecule has 30 heavy (non-hydrogen) atoms. The van der Waals surface area contributed by atoms with Gasteiger partial charge in [0, 0.05) is 47.8 Å². The monoisotopic (exact) mass is 399 g/mol. The zero-order valence-corrected chi connectivity index (χ0v) is 17.3. The number of aliphatic hydroxyl groups is 1. The summed E-state index contributed by atoms with van der Waals surface area (Å²) in [5.74, 6) is 0.743. The molecule has 6 heteroatoms. The molecule has 0 spiro atoms. The molecule has 0 aliphatic carbocycles. The second kappa shape index (κ2) is 8.47. The fourth-order valence-corrected chi connectivity index (χ4v) is 3.51. The van der Waals surface area contributed by atoms with E-state index in [1.54, 1.807) is 12.3 Å². The van der Waals surface area contributed by atoms with Gasteiger partial charge in [0.1, 0.15) is 11.5 Å². The molecule has 3 aromatic heterocycles. The van der Waals surface area contributed by atoms with Gasteiger partial charge in [0.25, 0.3) is 0 Å². The highest BCUT2D eigenvalue weighted by Gasteiger charge is 2.18. The van der Waals surface area contributed by atoms with Crippen LogP contribution < -0.4 is 0 Å². The molecular weight excluding hydrogens is 374 g/mol. The van der Waals surface area contributed by atoms with Crippen LogP contribution in [-0.2, 0) is 6.54 Å². The summed E-state index contributed by atoms with van der Waals surface area (Å²) in [6.45, 7) is 8.68. The normalized spacial score (nSPS) is 11.9. The second-order valence-corrected chi connectivity index (χ2v) is 7.19. The summed E-state index contributed by atoms with van der Waals surface area (Å²) in [7, 11) is 0. The first-order valence-electron chi connectivity index (χ1n) is 10.0. The highest BCUT2D eigenvalue weighted by Crippen LogP contribution is 2.35. The number of aliphatic hydroxyl groups excluding tert-OH is 1. The van der Waals surface area contributed by atoms with Gasteiger partial charge in [0.05, 0.1) is 5.52 Å². The Kier molecular flexibility index (Phi) is 5.59. The summed E-state index contributed by atoms with van der Waals surface area (Å²) in [4.78, 5) is 12.5. The van der Waals surface area contributed by atoms with Crippen molar-refractivity contribution in [3.63, 3.8) is 0 Å². The maximum atomic E-state index is 9.24. The highest BCUT2D eigenvalue weighted by molar-refractivity contribution is 5.95. The molecule has 0 fully saturated rings. The van der Waals surface area contributed by atoms with Crippen molar-refractivity contribution in [1.29, 1.82) is 0 Å². The summed E-state index contributed by atoms with van der Waals surface area (Å²) in [6.07, 6.45) is 8.20. The van der Waals surface area contributed by atoms with Crippen molar-refractivity contribution in [3.8, 4) is 22.4 Å². The molecule has 0 amide bonds. The zero-order chi connectivity index (χ0) is 21.1. The van der Waals surface area contributed by atoms with Gasteiger partial charge in [0.15, 0.2) is 5.65 Å². The minimum atomic E-state index is 0.131. The Balaban J connectivity index is 1.90. The van der Waals surface area contributed by atoms with Gasteiger partial charge in [-0.05, 0) is 26.3 Å². The average Bonchev–Trinajstić information content (AvgIpc) is 3.38. The molecular formula is C24H25N5O. The van der Waals surface area contributed by atoms with Crippen LogP contribution in [0.15, 0.2) is 61.5 Å². The number of hydrogen-bond acceptors (Lipinski definition) is 4. The van der Waals surface area contributed by atoms with Crippen LogP contribution >= 0.6 is 0 Å². The van der Waals surface area contributed by atoms with Gasteiger partial charge >= 0.3 is 0 Å². The van der Waals surface area contributed by atoms with Crippen LogP contribution in [0, 0.1) is 6.92 Å². The molecule has 1 aromatic carbocycles. The maximum absolute atomic E-state index is 9.24. The lowest BCUT2D eigenvalue weighted by atomic mass is 10.0. The number of hydrogen-bond donors (Lipinski definition) is 2. The van der Waals surface area contributed by atoms with E-state index in [0.29, 0.717) is 18.6 Å². The van der Waals surface area contributed by atoms with Crippen LogP contribution in [0.2, 0.25) is 0 Å². The first-order valence-corrected chi connectivity index (χ1v) is 10.0. The summed E-state index contributed by atoms with van der Waals surface area (Å²) in [6, 6.07) is 10.3. The van der Waals surface area contributed by atoms with E-state index >= 15 is 0 Å². The summed E-state index contributed by atoms with van der Waals surface area (Å²) in [5, 5.41) is 14.1. The Bertz CT molecular complexity index is 1210. The topological polar surface area (TPSA) is 79.6 Å². The second-order valence-electron chi connectivity index (χ2n) is 7.19. The fourth-order valence-electron chi connectivity index (χ4n) is 3.51. The van der Waals surface area contributed by atoms with Gasteiger partial charge in [-0.1, -0.05) is 48.6 Å². The van der Waals surface area contributed by atoms with Crippen molar-refractivity contribution in [2.24, 2.45) is 0 Å². The Labute approximate surface area is 175 Å². The van der Waals surface area contributed by atoms with Crippen LogP contribution in [0.3, 0.4) is 0 Å². The first-order chi connectivity index (χ1) is 14.6. The Hall–Kier alpha value is -3.51. The number of H-pyrrole nitrogens is 1. The molecule has 3 heterocycles. The number of allylic oxidation sites excluding steroid dienone is 3. The third kappa shape index (κ3) is 3.69. The predicted octanol–water partition coefficient (Wildman–Crippen LogP) is 4.77. The van der Waals surface area contributed by atoms with E-state index in [1.807, 2.05) is 29.9 Å². The molecule has 4 rings (SSSR count). The molecule has 0 unspecified atom stereocenters. The SMILES string of the molecule is C=C/C(=C\C)c1nc2nccc(-c3cn(CCCO)nc3-c3ccc(C)cc3)c2[nH]1. The van der Waals surface area contributed by atoms with Crippen molar-refractivity contribution < 1.29 is 5.11 Å². The number of fused-ring (bicyclic) bond motifs is 1. The Morgan fingerprint density at radius 2 is 2.00 bits per heavy atom. The predicted molar refractivity (Wildman–Crippen MR) is 121 cm³/mol. The molecule has 0 bridgehead atoms. The maximum Gasteiger partial charge on any atom is 0.178 e. The average molecular weight is 399 g/mol. The first kappa shape index (κ1) is 19.8. The Morgan fingerprint density at radius 1 is 1.20 bits per heavy atom. The molecule has 0 aliphatic heterocycles. The quantitative estimate of drug-likeness (QED) is 0.439. The van der Waals surface area contributed by atoms with E-state index in [4.69, 9.17) is 5.10 Å². The zero-order valence-electron chi connectivity index (χ0n) is 17.3. The van der Waals surface area contributed by atoms with E-state index in [9.17, 15) is 5.11 Å². The summed E-state index contributed by atoms with van der Waals surface area (Å²) in [5.41, 5.74) is 7.58. The van der Waals surface area contributed by atoms with Crippen LogP contribution in [-0.4, -0.2) is 36.4 Å². The number of nitrogens with zero attached hydrogens (tertiary/aromatic N) is 4. The molecule has 0 atom stereocenters. The number of aromatic amines is 1. The summed E-state index contributed by atoms with van der Waals surface area (Å²) < 4.78 is 1.89. The molecule has 6 nitrogen and oxygen atoms in total. The molecule has 152 valence electrons. The summed E-state index contributed by atoms with van der Waals surface area (Å²) >= 11 is 0. The molecule has 4 aromatic rings. The van der Waals surface area contributed by atoms with Crippen LogP contribution in [0.25, 0.3) is 39.1 Å². The van der Waals surface area contributed by atoms with Gasteiger partial charge in [-0.25, -0.2) is 9.97 Å². The lowest BCUT2D eigenvalue weighted by Gasteiger charge is -2.04. The minimum absolute atomic E-state index is 0.131. The minimum Gasteiger partial charge on any atom is -0.396 e. The van der Waals surface area contributed by atoms with E-state index in [1.165, 1.54) is 5.56 Å². The number of aromatic nitrogens is 5. The third-order valence-electron chi connectivity index (χ3n) is 5.12. The molecule has 0 saturated carbocycles. The van der Waals surface area contributed by atoms with Gasteiger partial charge < -0.3 is 10.1 Å². The number of pyridine rings is 1. The van der Waals surface area contributed by atoms with Crippen LogP contribution in [0.5, 0.6) is 0 Å².